The van der Waals surface area contributed by atoms with Gasteiger partial charge in [-0.2, -0.15) is 0 Å². The molecule has 1 fully saturated rings. The third-order valence-corrected chi connectivity index (χ3v) is 3.97. The van der Waals surface area contributed by atoms with Crippen molar-refractivity contribution in [1.82, 2.24) is 5.32 Å². The lowest BCUT2D eigenvalue weighted by Crippen LogP contribution is -2.38. The molecule has 2 heteroatoms. The third-order valence-electron chi connectivity index (χ3n) is 3.97. The maximum Gasteiger partial charge on any atom is 0.0503 e. The van der Waals surface area contributed by atoms with Gasteiger partial charge in [-0.15, -0.1) is 0 Å². The van der Waals surface area contributed by atoms with E-state index in [2.05, 4.69) is 44.3 Å². The Hall–Kier alpha value is -0.860. The average molecular weight is 232 g/mol. The van der Waals surface area contributed by atoms with Crippen LogP contribution in [0.25, 0.3) is 0 Å². The van der Waals surface area contributed by atoms with Crippen molar-refractivity contribution in [3.63, 3.8) is 0 Å². The van der Waals surface area contributed by atoms with Crippen molar-refractivity contribution in [2.75, 3.05) is 7.05 Å². The Morgan fingerprint density at radius 2 is 1.94 bits per heavy atom. The minimum Gasteiger partial charge on any atom is -0.323 e. The van der Waals surface area contributed by atoms with Gasteiger partial charge in [0.05, 0.1) is 6.04 Å². The first-order valence-electron chi connectivity index (χ1n) is 6.54. The molecule has 0 amide bonds. The molecule has 2 nitrogen and oxygen atoms in total. The highest BCUT2D eigenvalue weighted by atomic mass is 15.0. The van der Waals surface area contributed by atoms with Crippen LogP contribution in [-0.2, 0) is 0 Å². The lowest BCUT2D eigenvalue weighted by atomic mass is 9.90. The summed E-state index contributed by atoms with van der Waals surface area (Å²) >= 11 is 0. The van der Waals surface area contributed by atoms with E-state index in [0.717, 1.165) is 12.8 Å². The van der Waals surface area contributed by atoms with Gasteiger partial charge >= 0.3 is 0 Å². The summed E-state index contributed by atoms with van der Waals surface area (Å²) in [4.78, 5) is 0. The van der Waals surface area contributed by atoms with Gasteiger partial charge in [0.2, 0.25) is 0 Å². The second-order valence-corrected chi connectivity index (χ2v) is 5.73. The fraction of sp³-hybridized carbons (Fsp3) is 0.600. The van der Waals surface area contributed by atoms with E-state index < -0.39 is 0 Å². The van der Waals surface area contributed by atoms with Crippen molar-refractivity contribution in [3.05, 3.63) is 34.9 Å². The van der Waals surface area contributed by atoms with Crippen LogP contribution in [0, 0.1) is 6.92 Å². The monoisotopic (exact) mass is 232 g/mol. The van der Waals surface area contributed by atoms with Gasteiger partial charge < -0.3 is 11.1 Å². The van der Waals surface area contributed by atoms with Gasteiger partial charge in [-0.05, 0) is 49.4 Å². The molecule has 2 rings (SSSR count). The van der Waals surface area contributed by atoms with E-state index in [1.54, 1.807) is 0 Å². The lowest BCUT2D eigenvalue weighted by molar-refractivity contribution is 0.459. The molecule has 0 aromatic heterocycles. The SMILES string of the molecule is CNC(c1cc(C(C)C)ccc1C)C1(N)CC1. The van der Waals surface area contributed by atoms with Crippen LogP contribution in [0.1, 0.15) is 55.3 Å². The molecule has 1 aliphatic rings. The van der Waals surface area contributed by atoms with E-state index in [0.29, 0.717) is 12.0 Å². The molecule has 0 radical (unpaired) electrons. The number of hydrogen-bond donors (Lipinski definition) is 2. The largest absolute Gasteiger partial charge is 0.323 e. The molecule has 0 saturated heterocycles. The summed E-state index contributed by atoms with van der Waals surface area (Å²) in [5.41, 5.74) is 10.5. The van der Waals surface area contributed by atoms with Crippen LogP contribution >= 0.6 is 0 Å². The van der Waals surface area contributed by atoms with Gasteiger partial charge in [-0.25, -0.2) is 0 Å². The first kappa shape index (κ1) is 12.6. The van der Waals surface area contributed by atoms with Crippen LogP contribution in [0.5, 0.6) is 0 Å². The summed E-state index contributed by atoms with van der Waals surface area (Å²) in [6, 6.07) is 7.07. The zero-order valence-electron chi connectivity index (χ0n) is 11.4. The standard InChI is InChI=1S/C15H24N2/c1-10(2)12-6-5-11(3)13(9-12)14(17-4)15(16)7-8-15/h5-6,9-10,14,17H,7-8,16H2,1-4H3. The molecule has 0 spiro atoms. The number of nitrogens with one attached hydrogen (secondary N) is 1. The van der Waals surface area contributed by atoms with E-state index in [-0.39, 0.29) is 5.54 Å². The molecule has 94 valence electrons. The van der Waals surface area contributed by atoms with E-state index >= 15 is 0 Å². The van der Waals surface area contributed by atoms with Crippen molar-refractivity contribution in [2.45, 2.75) is 51.1 Å². The normalized spacial score (nSPS) is 19.4. The summed E-state index contributed by atoms with van der Waals surface area (Å²) in [6.45, 7) is 6.64. The maximum absolute atomic E-state index is 6.37. The molecule has 0 aliphatic heterocycles. The molecule has 1 aromatic carbocycles. The van der Waals surface area contributed by atoms with Gasteiger partial charge in [0, 0.05) is 5.54 Å². The van der Waals surface area contributed by atoms with Crippen molar-refractivity contribution in [3.8, 4) is 0 Å². The van der Waals surface area contributed by atoms with Gasteiger partial charge in [-0.3, -0.25) is 0 Å². The minimum atomic E-state index is -0.0187. The van der Waals surface area contributed by atoms with Crippen molar-refractivity contribution in [1.29, 1.82) is 0 Å². The fourth-order valence-corrected chi connectivity index (χ4v) is 2.51. The molecular weight excluding hydrogens is 208 g/mol. The first-order chi connectivity index (χ1) is 7.98. The van der Waals surface area contributed by atoms with Crippen molar-refractivity contribution >= 4 is 0 Å². The maximum atomic E-state index is 6.37. The predicted octanol–water partition coefficient (Wildman–Crippen LogP) is 2.87. The Kier molecular flexibility index (Phi) is 3.28. The summed E-state index contributed by atoms with van der Waals surface area (Å²) in [7, 11) is 2.01. The third kappa shape index (κ3) is 2.38. The molecule has 1 aromatic rings. The van der Waals surface area contributed by atoms with Crippen LogP contribution in [0.4, 0.5) is 0 Å². The van der Waals surface area contributed by atoms with Gasteiger partial charge in [0.15, 0.2) is 0 Å². The zero-order valence-corrected chi connectivity index (χ0v) is 11.4. The molecule has 1 unspecified atom stereocenters. The summed E-state index contributed by atoms with van der Waals surface area (Å²) in [6.07, 6.45) is 2.26. The fourth-order valence-electron chi connectivity index (χ4n) is 2.51. The highest BCUT2D eigenvalue weighted by Gasteiger charge is 2.46. The Morgan fingerprint density at radius 3 is 2.41 bits per heavy atom. The van der Waals surface area contributed by atoms with Gasteiger partial charge in [0.25, 0.3) is 0 Å². The molecule has 0 bridgehead atoms. The van der Waals surface area contributed by atoms with Crippen molar-refractivity contribution < 1.29 is 0 Å². The Labute approximate surface area is 105 Å². The van der Waals surface area contributed by atoms with Crippen LogP contribution in [0.15, 0.2) is 18.2 Å². The number of aryl methyl sites for hydroxylation is 1. The quantitative estimate of drug-likeness (QED) is 0.837. The van der Waals surface area contributed by atoms with Crippen LogP contribution in [0.3, 0.4) is 0 Å². The van der Waals surface area contributed by atoms with Crippen LogP contribution in [-0.4, -0.2) is 12.6 Å². The highest BCUT2D eigenvalue weighted by Crippen LogP contribution is 2.44. The molecule has 1 saturated carbocycles. The van der Waals surface area contributed by atoms with Crippen molar-refractivity contribution in [2.24, 2.45) is 5.73 Å². The number of benzene rings is 1. The average Bonchev–Trinajstić information content (AvgIpc) is 3.00. The molecule has 17 heavy (non-hydrogen) atoms. The lowest BCUT2D eigenvalue weighted by Gasteiger charge is -2.26. The zero-order chi connectivity index (χ0) is 12.6. The van der Waals surface area contributed by atoms with Gasteiger partial charge in [0.1, 0.15) is 0 Å². The Balaban J connectivity index is 2.38. The molecule has 3 N–H and O–H groups in total. The molecule has 0 heterocycles. The number of likely N-dealkylation sites (N-methyl/N-ethyl adjacent to an activating group) is 1. The predicted molar refractivity (Wildman–Crippen MR) is 73.2 cm³/mol. The highest BCUT2D eigenvalue weighted by molar-refractivity contribution is 5.38. The molecule has 1 atom stereocenters. The summed E-state index contributed by atoms with van der Waals surface area (Å²) in [5.74, 6) is 0.569. The van der Waals surface area contributed by atoms with Crippen LogP contribution in [0.2, 0.25) is 0 Å². The van der Waals surface area contributed by atoms with E-state index in [1.165, 1.54) is 16.7 Å². The number of nitrogens with two attached hydrogens (primary N) is 1. The summed E-state index contributed by atoms with van der Waals surface area (Å²) < 4.78 is 0. The molecular formula is C15H24N2. The number of hydrogen-bond acceptors (Lipinski definition) is 2. The minimum absolute atomic E-state index is 0.0187. The van der Waals surface area contributed by atoms with Gasteiger partial charge in [-0.1, -0.05) is 32.0 Å². The second kappa shape index (κ2) is 4.43. The van der Waals surface area contributed by atoms with Crippen LogP contribution < -0.4 is 11.1 Å². The topological polar surface area (TPSA) is 38.0 Å². The smallest absolute Gasteiger partial charge is 0.0503 e. The number of rotatable bonds is 4. The Bertz CT molecular complexity index is 405. The van der Waals surface area contributed by atoms with E-state index in [9.17, 15) is 0 Å². The second-order valence-electron chi connectivity index (χ2n) is 5.73. The Morgan fingerprint density at radius 1 is 1.29 bits per heavy atom. The first-order valence-corrected chi connectivity index (χ1v) is 6.54. The molecule has 1 aliphatic carbocycles. The van der Waals surface area contributed by atoms with E-state index in [1.807, 2.05) is 7.05 Å². The summed E-state index contributed by atoms with van der Waals surface area (Å²) in [5, 5.41) is 3.40. The van der Waals surface area contributed by atoms with E-state index in [4.69, 9.17) is 5.73 Å².